The second kappa shape index (κ2) is 7.43. The van der Waals surface area contributed by atoms with Gasteiger partial charge in [-0.05, 0) is 35.4 Å². The van der Waals surface area contributed by atoms with Gasteiger partial charge in [0, 0.05) is 6.21 Å². The molecule has 104 valence electrons. The fourth-order valence-electron chi connectivity index (χ4n) is 1.68. The molecule has 0 spiro atoms. The van der Waals surface area contributed by atoms with E-state index in [1.807, 2.05) is 48.5 Å². The Labute approximate surface area is 118 Å². The number of rotatable bonds is 6. The van der Waals surface area contributed by atoms with Crippen LogP contribution in [0.5, 0.6) is 5.75 Å². The summed E-state index contributed by atoms with van der Waals surface area (Å²) in [5.74, 6) is 0.707. The molecule has 0 bridgehead atoms. The number of ether oxygens (including phenoxy) is 1. The van der Waals surface area contributed by atoms with Crippen molar-refractivity contribution >= 4 is 11.9 Å². The molecular formula is C16H17NO3. The number of hydrogen-bond donors (Lipinski definition) is 2. The van der Waals surface area contributed by atoms with E-state index >= 15 is 0 Å². The van der Waals surface area contributed by atoms with E-state index in [-0.39, 0.29) is 19.8 Å². The van der Waals surface area contributed by atoms with Crippen LogP contribution in [-0.2, 0) is 6.61 Å². The second-order valence-corrected chi connectivity index (χ2v) is 4.23. The van der Waals surface area contributed by atoms with E-state index in [9.17, 15) is 0 Å². The first-order valence-corrected chi connectivity index (χ1v) is 6.39. The van der Waals surface area contributed by atoms with E-state index < -0.39 is 0 Å². The molecule has 0 aliphatic rings. The van der Waals surface area contributed by atoms with E-state index in [2.05, 4.69) is 4.99 Å². The molecule has 0 aliphatic heterocycles. The Balaban J connectivity index is 2.06. The van der Waals surface area contributed by atoms with Gasteiger partial charge in [-0.2, -0.15) is 0 Å². The van der Waals surface area contributed by atoms with Gasteiger partial charge in [0.1, 0.15) is 12.4 Å². The van der Waals surface area contributed by atoms with Crippen LogP contribution in [0.4, 0.5) is 5.69 Å². The number of hydrogen-bond acceptors (Lipinski definition) is 4. The Morgan fingerprint density at radius 3 is 2.55 bits per heavy atom. The van der Waals surface area contributed by atoms with Gasteiger partial charge in [-0.3, -0.25) is 4.99 Å². The van der Waals surface area contributed by atoms with Crippen LogP contribution < -0.4 is 4.74 Å². The molecule has 0 amide bonds. The zero-order valence-electron chi connectivity index (χ0n) is 11.1. The average molecular weight is 271 g/mol. The van der Waals surface area contributed by atoms with Crippen molar-refractivity contribution in [2.24, 2.45) is 4.99 Å². The predicted molar refractivity (Wildman–Crippen MR) is 78.6 cm³/mol. The molecular weight excluding hydrogens is 254 g/mol. The Morgan fingerprint density at radius 2 is 1.85 bits per heavy atom. The number of benzene rings is 2. The van der Waals surface area contributed by atoms with Gasteiger partial charge >= 0.3 is 0 Å². The molecule has 2 aromatic rings. The summed E-state index contributed by atoms with van der Waals surface area (Å²) in [6, 6.07) is 14.9. The SMILES string of the molecule is OCCOc1cccc(C=Nc2ccc(CO)cc2)c1. The van der Waals surface area contributed by atoms with E-state index in [0.717, 1.165) is 16.8 Å². The maximum atomic E-state index is 8.97. The van der Waals surface area contributed by atoms with E-state index in [1.54, 1.807) is 6.21 Å². The van der Waals surface area contributed by atoms with E-state index in [1.165, 1.54) is 0 Å². The van der Waals surface area contributed by atoms with Gasteiger partial charge in [-0.15, -0.1) is 0 Å². The highest BCUT2D eigenvalue weighted by Gasteiger charge is 1.95. The molecule has 0 saturated heterocycles. The van der Waals surface area contributed by atoms with Crippen LogP contribution in [0.1, 0.15) is 11.1 Å². The van der Waals surface area contributed by atoms with Crippen LogP contribution in [0.15, 0.2) is 53.5 Å². The van der Waals surface area contributed by atoms with Crippen molar-refractivity contribution in [3.8, 4) is 5.75 Å². The summed E-state index contributed by atoms with van der Waals surface area (Å²) in [6.07, 6.45) is 1.75. The third-order valence-corrected chi connectivity index (χ3v) is 2.70. The van der Waals surface area contributed by atoms with Gasteiger partial charge < -0.3 is 14.9 Å². The molecule has 0 fully saturated rings. The van der Waals surface area contributed by atoms with Crippen LogP contribution >= 0.6 is 0 Å². The zero-order valence-corrected chi connectivity index (χ0v) is 11.1. The summed E-state index contributed by atoms with van der Waals surface area (Å²) < 4.78 is 5.34. The van der Waals surface area contributed by atoms with Gasteiger partial charge in [0.05, 0.1) is 18.9 Å². The summed E-state index contributed by atoms with van der Waals surface area (Å²) in [5.41, 5.74) is 2.61. The second-order valence-electron chi connectivity index (χ2n) is 4.23. The average Bonchev–Trinajstić information content (AvgIpc) is 2.52. The Morgan fingerprint density at radius 1 is 1.05 bits per heavy atom. The standard InChI is InChI=1S/C16H17NO3/c18-8-9-20-16-3-1-2-14(10-16)11-17-15-6-4-13(12-19)5-7-15/h1-7,10-11,18-19H,8-9,12H2. The molecule has 2 aromatic carbocycles. The van der Waals surface area contributed by atoms with Gasteiger partial charge in [0.2, 0.25) is 0 Å². The molecule has 0 atom stereocenters. The molecule has 0 saturated carbocycles. The van der Waals surface area contributed by atoms with Crippen molar-refractivity contribution in [3.05, 3.63) is 59.7 Å². The molecule has 0 aliphatic carbocycles. The number of aliphatic imine (C=N–C) groups is 1. The van der Waals surface area contributed by atoms with Crippen LogP contribution in [0.3, 0.4) is 0 Å². The Bertz CT molecular complexity index is 564. The minimum atomic E-state index is -0.00444. The molecule has 0 radical (unpaired) electrons. The lowest BCUT2D eigenvalue weighted by atomic mass is 10.2. The Kier molecular flexibility index (Phi) is 5.29. The summed E-state index contributed by atoms with van der Waals surface area (Å²) in [5, 5.41) is 17.7. The van der Waals surface area contributed by atoms with Crippen molar-refractivity contribution in [2.75, 3.05) is 13.2 Å². The minimum absolute atomic E-state index is 0.00444. The summed E-state index contributed by atoms with van der Waals surface area (Å²) in [4.78, 5) is 4.36. The largest absolute Gasteiger partial charge is 0.491 e. The monoisotopic (exact) mass is 271 g/mol. The molecule has 0 unspecified atom stereocenters. The van der Waals surface area contributed by atoms with E-state index in [0.29, 0.717) is 5.75 Å². The normalized spacial score (nSPS) is 10.9. The molecule has 0 heterocycles. The summed E-state index contributed by atoms with van der Waals surface area (Å²) in [7, 11) is 0. The van der Waals surface area contributed by atoms with E-state index in [4.69, 9.17) is 14.9 Å². The van der Waals surface area contributed by atoms with Gasteiger partial charge in [0.25, 0.3) is 0 Å². The highest BCUT2D eigenvalue weighted by molar-refractivity contribution is 5.82. The third kappa shape index (κ3) is 4.19. The molecule has 2 rings (SSSR count). The van der Waals surface area contributed by atoms with Gasteiger partial charge in [-0.1, -0.05) is 24.3 Å². The quantitative estimate of drug-likeness (QED) is 0.792. The first kappa shape index (κ1) is 14.2. The van der Waals surface area contributed by atoms with Crippen molar-refractivity contribution < 1.29 is 14.9 Å². The van der Waals surface area contributed by atoms with Crippen molar-refractivity contribution in [2.45, 2.75) is 6.61 Å². The van der Waals surface area contributed by atoms with Crippen molar-refractivity contribution in [1.29, 1.82) is 0 Å². The van der Waals surface area contributed by atoms with Gasteiger partial charge in [-0.25, -0.2) is 0 Å². The lowest BCUT2D eigenvalue weighted by Gasteiger charge is -2.04. The van der Waals surface area contributed by atoms with Crippen LogP contribution in [-0.4, -0.2) is 29.6 Å². The fourth-order valence-corrected chi connectivity index (χ4v) is 1.68. The topological polar surface area (TPSA) is 62.0 Å². The Hall–Kier alpha value is -2.17. The minimum Gasteiger partial charge on any atom is -0.491 e. The lowest BCUT2D eigenvalue weighted by Crippen LogP contribution is -2.01. The zero-order chi connectivity index (χ0) is 14.2. The fraction of sp³-hybridized carbons (Fsp3) is 0.188. The number of nitrogens with zero attached hydrogens (tertiary/aromatic N) is 1. The molecule has 0 aromatic heterocycles. The highest BCUT2D eigenvalue weighted by atomic mass is 16.5. The third-order valence-electron chi connectivity index (χ3n) is 2.70. The first-order chi connectivity index (χ1) is 9.81. The van der Waals surface area contributed by atoms with Crippen LogP contribution in [0.2, 0.25) is 0 Å². The smallest absolute Gasteiger partial charge is 0.120 e. The van der Waals surface area contributed by atoms with Crippen molar-refractivity contribution in [3.63, 3.8) is 0 Å². The van der Waals surface area contributed by atoms with Gasteiger partial charge in [0.15, 0.2) is 0 Å². The van der Waals surface area contributed by atoms with Crippen LogP contribution in [0, 0.1) is 0 Å². The van der Waals surface area contributed by atoms with Crippen molar-refractivity contribution in [1.82, 2.24) is 0 Å². The molecule has 4 heteroatoms. The predicted octanol–water partition coefficient (Wildman–Crippen LogP) is 2.30. The first-order valence-electron chi connectivity index (χ1n) is 6.39. The highest BCUT2D eigenvalue weighted by Crippen LogP contribution is 2.15. The maximum Gasteiger partial charge on any atom is 0.120 e. The van der Waals surface area contributed by atoms with Crippen LogP contribution in [0.25, 0.3) is 0 Å². The molecule has 20 heavy (non-hydrogen) atoms. The molecule has 2 N–H and O–H groups in total. The summed E-state index contributed by atoms with van der Waals surface area (Å²) in [6.45, 7) is 0.312. The number of aliphatic hydroxyl groups excluding tert-OH is 2. The number of aliphatic hydroxyl groups is 2. The lowest BCUT2D eigenvalue weighted by molar-refractivity contribution is 0.201. The molecule has 4 nitrogen and oxygen atoms in total. The maximum absolute atomic E-state index is 8.97. The summed E-state index contributed by atoms with van der Waals surface area (Å²) >= 11 is 0.